The Bertz CT molecular complexity index is 333. The van der Waals surface area contributed by atoms with Gasteiger partial charge in [0.25, 0.3) is 0 Å². The monoisotopic (exact) mass is 209 g/mol. The summed E-state index contributed by atoms with van der Waals surface area (Å²) >= 11 is 0. The van der Waals surface area contributed by atoms with Crippen LogP contribution in [0.15, 0.2) is 6.07 Å². The van der Waals surface area contributed by atoms with Gasteiger partial charge in [-0.05, 0) is 32.1 Å². The summed E-state index contributed by atoms with van der Waals surface area (Å²) in [5.74, 6) is 1.37. The average molecular weight is 209 g/mol. The normalized spacial score (nSPS) is 25.5. The number of aryl methyl sites for hydroxylation is 1. The van der Waals surface area contributed by atoms with Gasteiger partial charge in [0.2, 0.25) is 0 Å². The lowest BCUT2D eigenvalue weighted by molar-refractivity contribution is 0.535. The molecule has 2 rings (SSSR count). The van der Waals surface area contributed by atoms with Crippen molar-refractivity contribution in [2.75, 3.05) is 5.32 Å². The number of nitrogens with one attached hydrogen (secondary N) is 1. The molecule has 1 aliphatic rings. The summed E-state index contributed by atoms with van der Waals surface area (Å²) in [4.78, 5) is 7.34. The molecule has 2 unspecified atom stereocenters. The summed E-state index contributed by atoms with van der Waals surface area (Å²) in [6, 6.07) is 2.22. The van der Waals surface area contributed by atoms with Crippen molar-refractivity contribution in [3.8, 4) is 0 Å². The molecule has 0 saturated heterocycles. The first-order valence-electron chi connectivity index (χ1n) is 5.41. The van der Waals surface area contributed by atoms with Crippen LogP contribution >= 0.6 is 0 Å². The van der Waals surface area contributed by atoms with Crippen LogP contribution in [0.1, 0.15) is 31.9 Å². The number of halogens is 1. The molecule has 1 aromatic rings. The van der Waals surface area contributed by atoms with Crippen LogP contribution in [0.4, 0.5) is 10.2 Å². The third-order valence-corrected chi connectivity index (χ3v) is 2.87. The summed E-state index contributed by atoms with van der Waals surface area (Å²) in [5, 5.41) is 3.26. The van der Waals surface area contributed by atoms with E-state index in [4.69, 9.17) is 0 Å². The standard InChI is InChI=1S/C11H16FN3/c1-7-3-4-9(5-7)14-10-6-8(2)13-11(12)15-10/h6-7,9H,3-5H2,1-2H3,(H,13,14,15). The van der Waals surface area contributed by atoms with Crippen molar-refractivity contribution in [3.63, 3.8) is 0 Å². The van der Waals surface area contributed by atoms with Gasteiger partial charge in [-0.25, -0.2) is 4.98 Å². The molecule has 0 bridgehead atoms. The Balaban J connectivity index is 2.04. The zero-order valence-electron chi connectivity index (χ0n) is 9.13. The molecule has 1 saturated carbocycles. The first-order chi connectivity index (χ1) is 7.13. The first-order valence-corrected chi connectivity index (χ1v) is 5.41. The summed E-state index contributed by atoms with van der Waals surface area (Å²) < 4.78 is 12.9. The van der Waals surface area contributed by atoms with Gasteiger partial charge in [-0.3, -0.25) is 0 Å². The molecule has 0 spiro atoms. The quantitative estimate of drug-likeness (QED) is 0.760. The Kier molecular flexibility index (Phi) is 2.84. The number of anilines is 1. The average Bonchev–Trinajstić information content (AvgIpc) is 2.49. The number of hydrogen-bond donors (Lipinski definition) is 1. The van der Waals surface area contributed by atoms with E-state index in [2.05, 4.69) is 22.2 Å². The molecule has 82 valence electrons. The highest BCUT2D eigenvalue weighted by Gasteiger charge is 2.21. The lowest BCUT2D eigenvalue weighted by Gasteiger charge is -2.13. The molecule has 1 aliphatic carbocycles. The van der Waals surface area contributed by atoms with Crippen molar-refractivity contribution in [1.29, 1.82) is 0 Å². The lowest BCUT2D eigenvalue weighted by atomic mass is 10.1. The maximum atomic E-state index is 12.9. The SMILES string of the molecule is Cc1cc(NC2CCC(C)C2)nc(F)n1. The van der Waals surface area contributed by atoms with E-state index in [1.807, 2.05) is 0 Å². The van der Waals surface area contributed by atoms with Gasteiger partial charge in [-0.15, -0.1) is 0 Å². The zero-order valence-corrected chi connectivity index (χ0v) is 9.13. The van der Waals surface area contributed by atoms with Crippen molar-refractivity contribution in [2.45, 2.75) is 39.2 Å². The Morgan fingerprint density at radius 1 is 1.40 bits per heavy atom. The molecule has 1 fully saturated rings. The molecule has 0 aliphatic heterocycles. The number of aromatic nitrogens is 2. The number of rotatable bonds is 2. The van der Waals surface area contributed by atoms with Crippen LogP contribution in [-0.2, 0) is 0 Å². The van der Waals surface area contributed by atoms with E-state index in [1.165, 1.54) is 6.42 Å². The third kappa shape index (κ3) is 2.64. The maximum absolute atomic E-state index is 12.9. The number of hydrogen-bond acceptors (Lipinski definition) is 3. The Labute approximate surface area is 89.1 Å². The summed E-state index contributed by atoms with van der Waals surface area (Å²) in [6.07, 6.45) is 2.88. The van der Waals surface area contributed by atoms with Gasteiger partial charge in [-0.2, -0.15) is 9.37 Å². The van der Waals surface area contributed by atoms with Crippen molar-refractivity contribution in [2.24, 2.45) is 5.92 Å². The van der Waals surface area contributed by atoms with Gasteiger partial charge in [0.05, 0.1) is 0 Å². The largest absolute Gasteiger partial charge is 0.367 e. The van der Waals surface area contributed by atoms with Crippen LogP contribution in [0.25, 0.3) is 0 Å². The summed E-state index contributed by atoms with van der Waals surface area (Å²) in [6.45, 7) is 4.01. The summed E-state index contributed by atoms with van der Waals surface area (Å²) in [5.41, 5.74) is 0.663. The molecule has 0 aromatic carbocycles. The molecule has 15 heavy (non-hydrogen) atoms. The minimum absolute atomic E-state index is 0.439. The third-order valence-electron chi connectivity index (χ3n) is 2.87. The molecule has 0 radical (unpaired) electrons. The second-order valence-electron chi connectivity index (χ2n) is 4.42. The van der Waals surface area contributed by atoms with E-state index >= 15 is 0 Å². The van der Waals surface area contributed by atoms with Gasteiger partial charge in [0.15, 0.2) is 0 Å². The topological polar surface area (TPSA) is 37.8 Å². The van der Waals surface area contributed by atoms with E-state index in [1.54, 1.807) is 13.0 Å². The van der Waals surface area contributed by atoms with Crippen LogP contribution in [-0.4, -0.2) is 16.0 Å². The van der Waals surface area contributed by atoms with Crippen LogP contribution in [0.5, 0.6) is 0 Å². The highest BCUT2D eigenvalue weighted by molar-refractivity contribution is 5.36. The Morgan fingerprint density at radius 2 is 2.20 bits per heavy atom. The van der Waals surface area contributed by atoms with Gasteiger partial charge in [-0.1, -0.05) is 6.92 Å². The van der Waals surface area contributed by atoms with Gasteiger partial charge >= 0.3 is 6.08 Å². The number of nitrogens with zero attached hydrogens (tertiary/aromatic N) is 2. The molecule has 1 heterocycles. The molecular formula is C11H16FN3. The lowest BCUT2D eigenvalue weighted by Crippen LogP contribution is -2.17. The second kappa shape index (κ2) is 4.13. The molecule has 1 N–H and O–H groups in total. The van der Waals surface area contributed by atoms with Crippen molar-refractivity contribution in [1.82, 2.24) is 9.97 Å². The van der Waals surface area contributed by atoms with Crippen LogP contribution in [0, 0.1) is 18.9 Å². The fourth-order valence-electron chi connectivity index (χ4n) is 2.15. The molecular weight excluding hydrogens is 193 g/mol. The highest BCUT2D eigenvalue weighted by Crippen LogP contribution is 2.26. The highest BCUT2D eigenvalue weighted by atomic mass is 19.1. The van der Waals surface area contributed by atoms with E-state index in [0.29, 0.717) is 17.6 Å². The van der Waals surface area contributed by atoms with Gasteiger partial charge in [0, 0.05) is 17.8 Å². The first kappa shape index (κ1) is 10.3. The van der Waals surface area contributed by atoms with E-state index in [0.717, 1.165) is 18.8 Å². The zero-order chi connectivity index (χ0) is 10.8. The smallest absolute Gasteiger partial charge is 0.310 e. The fraction of sp³-hybridized carbons (Fsp3) is 0.636. The minimum atomic E-state index is -0.649. The van der Waals surface area contributed by atoms with E-state index < -0.39 is 6.08 Å². The Morgan fingerprint density at radius 3 is 2.80 bits per heavy atom. The van der Waals surface area contributed by atoms with Gasteiger partial charge in [0.1, 0.15) is 5.82 Å². The fourth-order valence-corrected chi connectivity index (χ4v) is 2.15. The van der Waals surface area contributed by atoms with Crippen LogP contribution in [0.3, 0.4) is 0 Å². The van der Waals surface area contributed by atoms with E-state index in [-0.39, 0.29) is 0 Å². The predicted octanol–water partition coefficient (Wildman–Crippen LogP) is 2.52. The Hall–Kier alpha value is -1.19. The molecule has 4 heteroatoms. The summed E-state index contributed by atoms with van der Waals surface area (Å²) in [7, 11) is 0. The van der Waals surface area contributed by atoms with Crippen LogP contribution < -0.4 is 5.32 Å². The minimum Gasteiger partial charge on any atom is -0.367 e. The second-order valence-corrected chi connectivity index (χ2v) is 4.42. The van der Waals surface area contributed by atoms with Crippen LogP contribution in [0.2, 0.25) is 0 Å². The molecule has 0 amide bonds. The van der Waals surface area contributed by atoms with Crippen molar-refractivity contribution >= 4 is 5.82 Å². The molecule has 2 atom stereocenters. The van der Waals surface area contributed by atoms with E-state index in [9.17, 15) is 4.39 Å². The van der Waals surface area contributed by atoms with Crippen molar-refractivity contribution in [3.05, 3.63) is 17.8 Å². The van der Waals surface area contributed by atoms with Gasteiger partial charge < -0.3 is 5.32 Å². The molecule has 3 nitrogen and oxygen atoms in total. The predicted molar refractivity (Wildman–Crippen MR) is 57.2 cm³/mol. The van der Waals surface area contributed by atoms with Crippen molar-refractivity contribution < 1.29 is 4.39 Å². The maximum Gasteiger partial charge on any atom is 0.310 e. The molecule has 1 aromatic heterocycles.